The Hall–Kier alpha value is 0.640. The lowest BCUT2D eigenvalue weighted by Gasteiger charge is -1.69. The molecule has 0 fully saturated rings. The summed E-state index contributed by atoms with van der Waals surface area (Å²) in [6, 6.07) is 0. The van der Waals surface area contributed by atoms with E-state index in [1.54, 1.807) is 0 Å². The van der Waals surface area contributed by atoms with E-state index in [0.717, 1.165) is 11.6 Å². The summed E-state index contributed by atoms with van der Waals surface area (Å²) < 4.78 is 0. The number of hydrogen-bond donors (Lipinski definition) is 0. The van der Waals surface area contributed by atoms with Crippen molar-refractivity contribution in [2.24, 2.45) is 0 Å². The zero-order valence-corrected chi connectivity index (χ0v) is 4.89. The molecular weight excluding hydrogens is 104 g/mol. The summed E-state index contributed by atoms with van der Waals surface area (Å²) in [7, 11) is 0. The van der Waals surface area contributed by atoms with Gasteiger partial charge in [-0.2, -0.15) is 0 Å². The van der Waals surface area contributed by atoms with Gasteiger partial charge in [0.15, 0.2) is 0 Å². The number of rotatable bonds is 2. The van der Waals surface area contributed by atoms with Gasteiger partial charge in [0.1, 0.15) is 5.75 Å². The molecule has 0 nitrogen and oxygen atoms in total. The molecule has 0 rings (SSSR count). The Morgan fingerprint density at radius 2 is 2.40 bits per heavy atom. The SMILES string of the molecule is C[SH+]CCCl. The quantitative estimate of drug-likeness (QED) is 0.279. The van der Waals surface area contributed by atoms with Gasteiger partial charge in [0, 0.05) is 0 Å². The van der Waals surface area contributed by atoms with Crippen molar-refractivity contribution in [2.45, 2.75) is 0 Å². The van der Waals surface area contributed by atoms with Crippen LogP contribution in [0, 0.1) is 0 Å². The van der Waals surface area contributed by atoms with Gasteiger partial charge in [-0.05, 0) is 11.8 Å². The molecule has 0 aliphatic carbocycles. The van der Waals surface area contributed by atoms with Gasteiger partial charge in [-0.25, -0.2) is 0 Å². The van der Waals surface area contributed by atoms with Crippen molar-refractivity contribution >= 4 is 23.4 Å². The van der Waals surface area contributed by atoms with Gasteiger partial charge in [-0.15, -0.1) is 11.6 Å². The fourth-order valence-electron chi connectivity index (χ4n) is 0.0845. The van der Waals surface area contributed by atoms with Crippen molar-refractivity contribution in [3.8, 4) is 0 Å². The first-order chi connectivity index (χ1) is 2.41. The number of hydrogen-bond acceptors (Lipinski definition) is 0. The molecule has 0 atom stereocenters. The molecule has 0 bridgehead atoms. The van der Waals surface area contributed by atoms with Gasteiger partial charge in [-0.1, -0.05) is 0 Å². The van der Waals surface area contributed by atoms with E-state index in [2.05, 4.69) is 6.26 Å². The molecule has 0 N–H and O–H groups in total. The first-order valence-corrected chi connectivity index (χ1v) is 3.59. The van der Waals surface area contributed by atoms with Crippen molar-refractivity contribution in [1.82, 2.24) is 0 Å². The molecule has 5 heavy (non-hydrogen) atoms. The van der Waals surface area contributed by atoms with E-state index < -0.39 is 0 Å². The average Bonchev–Trinajstić information content (AvgIpc) is 1.41. The highest BCUT2D eigenvalue weighted by Gasteiger charge is 1.78. The van der Waals surface area contributed by atoms with Gasteiger partial charge in [-0.3, -0.25) is 0 Å². The number of thiol groups is 1. The second kappa shape index (κ2) is 4.64. The largest absolute Gasteiger partial charge is 0.122 e. The van der Waals surface area contributed by atoms with Gasteiger partial charge >= 0.3 is 0 Å². The van der Waals surface area contributed by atoms with Crippen LogP contribution in [-0.2, 0) is 11.8 Å². The van der Waals surface area contributed by atoms with Crippen LogP contribution in [-0.4, -0.2) is 17.9 Å². The fraction of sp³-hybridized carbons (Fsp3) is 1.00. The molecule has 32 valence electrons. The molecule has 0 aromatic heterocycles. The highest BCUT2D eigenvalue weighted by molar-refractivity contribution is 7.77. The minimum absolute atomic E-state index is 0.804. The second-order valence-electron chi connectivity index (χ2n) is 0.729. The van der Waals surface area contributed by atoms with Crippen LogP contribution in [0.15, 0.2) is 0 Å². The van der Waals surface area contributed by atoms with Gasteiger partial charge in [0.2, 0.25) is 0 Å². The first-order valence-electron chi connectivity index (χ1n) is 1.53. The lowest BCUT2D eigenvalue weighted by Crippen LogP contribution is -1.83. The summed E-state index contributed by atoms with van der Waals surface area (Å²) in [5.74, 6) is 1.93. The molecule has 0 radical (unpaired) electrons. The smallest absolute Gasteiger partial charge is 0.119 e. The maximum atomic E-state index is 5.29. The summed E-state index contributed by atoms with van der Waals surface area (Å²) in [6.45, 7) is 0. The van der Waals surface area contributed by atoms with E-state index in [4.69, 9.17) is 11.6 Å². The van der Waals surface area contributed by atoms with Crippen LogP contribution >= 0.6 is 11.6 Å². The second-order valence-corrected chi connectivity index (χ2v) is 2.19. The van der Waals surface area contributed by atoms with Crippen LogP contribution in [0.1, 0.15) is 0 Å². The molecule has 2 heteroatoms. The third kappa shape index (κ3) is 4.64. The molecule has 0 aromatic rings. The van der Waals surface area contributed by atoms with Crippen molar-refractivity contribution in [2.75, 3.05) is 17.9 Å². The van der Waals surface area contributed by atoms with Gasteiger partial charge in [0.25, 0.3) is 0 Å². The van der Waals surface area contributed by atoms with Crippen LogP contribution in [0.3, 0.4) is 0 Å². The van der Waals surface area contributed by atoms with E-state index in [1.165, 1.54) is 11.8 Å². The Bertz CT molecular complexity index is 14.4. The predicted molar refractivity (Wildman–Crippen MR) is 30.3 cm³/mol. The standard InChI is InChI=1S/C3H7ClS/c1-5-3-2-4/h2-3H2,1H3/p+1. The Labute approximate surface area is 41.9 Å². The van der Waals surface area contributed by atoms with Crippen LogP contribution in [0.25, 0.3) is 0 Å². The van der Waals surface area contributed by atoms with E-state index >= 15 is 0 Å². The summed E-state index contributed by atoms with van der Waals surface area (Å²) in [5.41, 5.74) is 0. The van der Waals surface area contributed by atoms with Gasteiger partial charge < -0.3 is 0 Å². The van der Waals surface area contributed by atoms with Crippen LogP contribution in [0.5, 0.6) is 0 Å². The minimum Gasteiger partial charge on any atom is -0.122 e. The molecule has 0 aliphatic rings. The van der Waals surface area contributed by atoms with Crippen LogP contribution < -0.4 is 0 Å². The average molecular weight is 112 g/mol. The highest BCUT2D eigenvalue weighted by Crippen LogP contribution is 1.71. The summed E-state index contributed by atoms with van der Waals surface area (Å²) in [4.78, 5) is 0. The molecule has 0 unspecified atom stereocenters. The molecule has 0 amide bonds. The molecule has 0 saturated heterocycles. The maximum absolute atomic E-state index is 5.29. The Kier molecular flexibility index (Phi) is 5.23. The van der Waals surface area contributed by atoms with E-state index in [1.807, 2.05) is 0 Å². The normalized spacial score (nSPS) is 8.40. The third-order valence-electron chi connectivity index (χ3n) is 0.308. The zero-order chi connectivity index (χ0) is 4.12. The molecule has 0 saturated carbocycles. The lowest BCUT2D eigenvalue weighted by atomic mass is 11.0. The fourth-order valence-corrected chi connectivity index (χ4v) is 0.761. The molecule has 0 spiro atoms. The van der Waals surface area contributed by atoms with Crippen LogP contribution in [0.4, 0.5) is 0 Å². The topological polar surface area (TPSA) is 0 Å². The highest BCUT2D eigenvalue weighted by atomic mass is 35.5. The maximum Gasteiger partial charge on any atom is 0.119 e. The van der Waals surface area contributed by atoms with Crippen LogP contribution in [0.2, 0.25) is 0 Å². The summed E-state index contributed by atoms with van der Waals surface area (Å²) >= 11 is 6.69. The van der Waals surface area contributed by atoms with E-state index in [0.29, 0.717) is 0 Å². The number of alkyl halides is 1. The van der Waals surface area contributed by atoms with Gasteiger partial charge in [0.05, 0.1) is 12.1 Å². The van der Waals surface area contributed by atoms with Crippen molar-refractivity contribution in [3.05, 3.63) is 0 Å². The minimum atomic E-state index is 0.804. The molecule has 0 aromatic carbocycles. The zero-order valence-electron chi connectivity index (χ0n) is 3.24. The summed E-state index contributed by atoms with van der Waals surface area (Å²) in [5, 5.41) is 0. The lowest BCUT2D eigenvalue weighted by molar-refractivity contribution is 1.54. The van der Waals surface area contributed by atoms with E-state index in [-0.39, 0.29) is 0 Å². The third-order valence-corrected chi connectivity index (χ3v) is 1.43. The Balaban J connectivity index is 2.19. The molecule has 0 aliphatic heterocycles. The van der Waals surface area contributed by atoms with E-state index in [9.17, 15) is 0 Å². The number of halogens is 1. The van der Waals surface area contributed by atoms with Crippen molar-refractivity contribution in [1.29, 1.82) is 0 Å². The Morgan fingerprint density at radius 1 is 1.80 bits per heavy atom. The van der Waals surface area contributed by atoms with Crippen molar-refractivity contribution in [3.63, 3.8) is 0 Å². The predicted octanol–water partition coefficient (Wildman–Crippen LogP) is 0.670. The Morgan fingerprint density at radius 3 is 2.40 bits per heavy atom. The molecule has 0 heterocycles. The first kappa shape index (κ1) is 5.64. The monoisotopic (exact) mass is 111 g/mol. The van der Waals surface area contributed by atoms with Crippen molar-refractivity contribution < 1.29 is 0 Å². The summed E-state index contributed by atoms with van der Waals surface area (Å²) in [6.07, 6.45) is 2.10. The molecular formula is C3H8ClS+.